The molecule has 0 saturated heterocycles. The molecule has 0 spiro atoms. The van der Waals surface area contributed by atoms with Crippen molar-refractivity contribution in [1.82, 2.24) is 14.5 Å². The van der Waals surface area contributed by atoms with E-state index >= 15 is 0 Å². The van der Waals surface area contributed by atoms with Gasteiger partial charge in [-0.3, -0.25) is 0 Å². The summed E-state index contributed by atoms with van der Waals surface area (Å²) in [6.45, 7) is 4.07. The number of phenolic OH excluding ortho intramolecular Hbond substituents is 2. The summed E-state index contributed by atoms with van der Waals surface area (Å²) in [5, 5.41) is 23.7. The molecule has 0 aliphatic carbocycles. The summed E-state index contributed by atoms with van der Waals surface area (Å²) in [7, 11) is 0. The molecule has 0 aliphatic heterocycles. The number of hydrogen-bond acceptors (Lipinski definition) is 8. The molecule has 0 saturated carbocycles. The Balaban J connectivity index is 1.74. The fourth-order valence-corrected chi connectivity index (χ4v) is 4.26. The van der Waals surface area contributed by atoms with E-state index in [4.69, 9.17) is 15.5 Å². The number of fused-ring (bicyclic) bond motifs is 3. The van der Waals surface area contributed by atoms with Gasteiger partial charge in [-0.05, 0) is 54.9 Å². The minimum Gasteiger partial charge on any atom is -0.508 e. The van der Waals surface area contributed by atoms with Gasteiger partial charge >= 0.3 is 0 Å². The van der Waals surface area contributed by atoms with E-state index in [2.05, 4.69) is 44.9 Å². The van der Waals surface area contributed by atoms with E-state index in [1.807, 2.05) is 12.1 Å². The number of anilines is 1. The van der Waals surface area contributed by atoms with Crippen molar-refractivity contribution in [2.45, 2.75) is 39.2 Å². The summed E-state index contributed by atoms with van der Waals surface area (Å²) in [6, 6.07) is 10.7. The van der Waals surface area contributed by atoms with Crippen molar-refractivity contribution < 1.29 is 14.9 Å². The molecule has 2 aromatic carbocycles. The van der Waals surface area contributed by atoms with E-state index in [1.165, 1.54) is 12.1 Å². The summed E-state index contributed by atoms with van der Waals surface area (Å²) in [5.74, 6) is 1.47. The number of aryl methyl sites for hydroxylation is 1. The van der Waals surface area contributed by atoms with Crippen LogP contribution in [0, 0.1) is 0 Å². The number of benzene rings is 2. The number of phenols is 2. The van der Waals surface area contributed by atoms with Crippen LogP contribution >= 0.6 is 12.2 Å². The van der Waals surface area contributed by atoms with Crippen LogP contribution < -0.4 is 5.73 Å². The van der Waals surface area contributed by atoms with Crippen LogP contribution in [0.25, 0.3) is 21.9 Å². The molecule has 0 amide bonds. The number of thiocarbonyl (C=S) groups is 1. The number of isothiocyanates is 1. The standard InChI is InChI=1S/C26H29N5O3S/c1-2-3-4-23-30-24-25(31(23)15-18-14-19(32)6-8-22(18)33)20-7-5-17(13-21(20)29-26(24)27)9-11-34-12-10-28-16-35/h5-8,13-14,32-33H,2-4,9-12,15H2,1H3,(H2,27,29). The second-order valence-electron chi connectivity index (χ2n) is 8.41. The molecule has 0 fully saturated rings. The van der Waals surface area contributed by atoms with Gasteiger partial charge in [0.15, 0.2) is 5.82 Å². The lowest BCUT2D eigenvalue weighted by atomic mass is 10.1. The quantitative estimate of drug-likeness (QED) is 0.121. The Morgan fingerprint density at radius 2 is 1.97 bits per heavy atom. The van der Waals surface area contributed by atoms with Crippen molar-refractivity contribution in [2.24, 2.45) is 4.99 Å². The van der Waals surface area contributed by atoms with Gasteiger partial charge in [0.1, 0.15) is 22.8 Å². The molecule has 0 radical (unpaired) electrons. The van der Waals surface area contributed by atoms with Gasteiger partial charge in [-0.15, -0.1) is 0 Å². The third-order valence-corrected chi connectivity index (χ3v) is 6.07. The number of nitrogens with zero attached hydrogens (tertiary/aromatic N) is 4. The fourth-order valence-electron chi connectivity index (χ4n) is 4.17. The van der Waals surface area contributed by atoms with Crippen LogP contribution in [0.15, 0.2) is 41.4 Å². The molecule has 0 bridgehead atoms. The minimum atomic E-state index is 0.101. The molecule has 2 aromatic heterocycles. The summed E-state index contributed by atoms with van der Waals surface area (Å²) in [4.78, 5) is 13.3. The Labute approximate surface area is 209 Å². The van der Waals surface area contributed by atoms with Gasteiger partial charge in [0.25, 0.3) is 0 Å². The number of pyridine rings is 1. The molecule has 8 nitrogen and oxygen atoms in total. The van der Waals surface area contributed by atoms with Gasteiger partial charge in [0.05, 0.1) is 42.5 Å². The van der Waals surface area contributed by atoms with Crippen molar-refractivity contribution in [2.75, 3.05) is 25.5 Å². The topological polar surface area (TPSA) is 119 Å². The molecule has 0 unspecified atom stereocenters. The van der Waals surface area contributed by atoms with E-state index < -0.39 is 0 Å². The van der Waals surface area contributed by atoms with Crippen LogP contribution in [-0.4, -0.2) is 49.7 Å². The molecule has 9 heteroatoms. The molecule has 2 heterocycles. The summed E-state index contributed by atoms with van der Waals surface area (Å²) >= 11 is 4.56. The number of imidazole rings is 1. The molecule has 4 aromatic rings. The molecule has 0 aliphatic rings. The van der Waals surface area contributed by atoms with Crippen LogP contribution in [0.1, 0.15) is 36.7 Å². The molecular weight excluding hydrogens is 462 g/mol. The highest BCUT2D eigenvalue weighted by molar-refractivity contribution is 7.78. The van der Waals surface area contributed by atoms with E-state index in [9.17, 15) is 10.2 Å². The number of rotatable bonds is 11. The first-order valence-corrected chi connectivity index (χ1v) is 12.1. The number of aliphatic imine (C=N–C) groups is 1. The number of nitrogen functional groups attached to an aromatic ring is 1. The van der Waals surface area contributed by atoms with E-state index in [0.717, 1.165) is 53.5 Å². The van der Waals surface area contributed by atoms with Crippen molar-refractivity contribution in [3.8, 4) is 11.5 Å². The highest BCUT2D eigenvalue weighted by Crippen LogP contribution is 2.32. The Morgan fingerprint density at radius 1 is 1.11 bits per heavy atom. The van der Waals surface area contributed by atoms with Gasteiger partial charge in [-0.2, -0.15) is 0 Å². The second-order valence-corrected chi connectivity index (χ2v) is 8.59. The molecule has 182 valence electrons. The molecular formula is C26H29N5O3S. The smallest absolute Gasteiger partial charge is 0.152 e. The number of aromatic nitrogens is 3. The Hall–Kier alpha value is -3.52. The van der Waals surface area contributed by atoms with Gasteiger partial charge in [-0.1, -0.05) is 25.5 Å². The Kier molecular flexibility index (Phi) is 7.92. The van der Waals surface area contributed by atoms with Crippen LogP contribution in [0.2, 0.25) is 0 Å². The van der Waals surface area contributed by atoms with Crippen molar-refractivity contribution >= 4 is 45.1 Å². The zero-order chi connectivity index (χ0) is 24.8. The Bertz CT molecular complexity index is 1400. The minimum absolute atomic E-state index is 0.101. The molecule has 4 N–H and O–H groups in total. The fraction of sp³-hybridized carbons (Fsp3) is 0.346. The second kappa shape index (κ2) is 11.3. The first kappa shape index (κ1) is 24.6. The summed E-state index contributed by atoms with van der Waals surface area (Å²) in [6.07, 6.45) is 3.50. The van der Waals surface area contributed by atoms with Crippen molar-refractivity contribution in [3.05, 3.63) is 53.3 Å². The lowest BCUT2D eigenvalue weighted by molar-refractivity contribution is 0.145. The maximum Gasteiger partial charge on any atom is 0.152 e. The summed E-state index contributed by atoms with van der Waals surface area (Å²) < 4.78 is 7.69. The molecule has 4 rings (SSSR count). The van der Waals surface area contributed by atoms with E-state index in [0.29, 0.717) is 43.2 Å². The van der Waals surface area contributed by atoms with Gasteiger partial charge in [0, 0.05) is 17.4 Å². The average Bonchev–Trinajstić information content (AvgIpc) is 3.21. The normalized spacial score (nSPS) is 11.2. The molecule has 0 atom stereocenters. The number of ether oxygens (including phenoxy) is 1. The maximum absolute atomic E-state index is 10.4. The zero-order valence-corrected chi connectivity index (χ0v) is 20.5. The van der Waals surface area contributed by atoms with Gasteiger partial charge in [-0.25, -0.2) is 15.0 Å². The van der Waals surface area contributed by atoms with Crippen molar-refractivity contribution in [3.63, 3.8) is 0 Å². The maximum atomic E-state index is 10.4. The molecule has 35 heavy (non-hydrogen) atoms. The third-order valence-electron chi connectivity index (χ3n) is 5.94. The van der Waals surface area contributed by atoms with E-state index in [1.54, 1.807) is 6.07 Å². The van der Waals surface area contributed by atoms with Crippen LogP contribution in [-0.2, 0) is 24.1 Å². The van der Waals surface area contributed by atoms with E-state index in [-0.39, 0.29) is 11.5 Å². The first-order valence-electron chi connectivity index (χ1n) is 11.7. The highest BCUT2D eigenvalue weighted by Gasteiger charge is 2.19. The number of unbranched alkanes of at least 4 members (excludes halogenated alkanes) is 1. The number of nitrogens with two attached hydrogens (primary N) is 1. The van der Waals surface area contributed by atoms with Gasteiger partial charge in [0.2, 0.25) is 0 Å². The number of hydrogen-bond donors (Lipinski definition) is 3. The monoisotopic (exact) mass is 491 g/mol. The lowest BCUT2D eigenvalue weighted by Crippen LogP contribution is -2.06. The van der Waals surface area contributed by atoms with Gasteiger partial charge < -0.3 is 25.3 Å². The predicted octanol–water partition coefficient (Wildman–Crippen LogP) is 4.63. The predicted molar refractivity (Wildman–Crippen MR) is 141 cm³/mol. The third kappa shape index (κ3) is 5.59. The highest BCUT2D eigenvalue weighted by atomic mass is 32.1. The Morgan fingerprint density at radius 3 is 2.77 bits per heavy atom. The average molecular weight is 492 g/mol. The summed E-state index contributed by atoms with van der Waals surface area (Å²) in [5.41, 5.74) is 10.4. The van der Waals surface area contributed by atoms with Crippen LogP contribution in [0.5, 0.6) is 11.5 Å². The van der Waals surface area contributed by atoms with Crippen LogP contribution in [0.3, 0.4) is 0 Å². The zero-order valence-electron chi connectivity index (χ0n) is 19.7. The van der Waals surface area contributed by atoms with Crippen molar-refractivity contribution in [1.29, 1.82) is 0 Å². The SMILES string of the molecule is CCCCc1nc2c(N)nc3cc(CCOCCN=C=S)ccc3c2n1Cc1cc(O)ccc1O. The first-order chi connectivity index (χ1) is 17.0. The number of aromatic hydroxyl groups is 2. The largest absolute Gasteiger partial charge is 0.508 e. The lowest BCUT2D eigenvalue weighted by Gasteiger charge is -2.13. The van der Waals surface area contributed by atoms with Crippen LogP contribution in [0.4, 0.5) is 5.82 Å².